The Kier molecular flexibility index (Phi) is 16.2. The summed E-state index contributed by atoms with van der Waals surface area (Å²) in [4.78, 5) is 0. The summed E-state index contributed by atoms with van der Waals surface area (Å²) < 4.78 is 0. The molecule has 0 fully saturated rings. The molecule has 0 radical (unpaired) electrons. The minimum Gasteiger partial charge on any atom is -0.125 e. The molecule has 116 valence electrons. The maximum atomic E-state index is 6.19. The van der Waals surface area contributed by atoms with E-state index in [2.05, 4.69) is 20.1 Å². The maximum Gasteiger partial charge on any atom is 0.0353 e. The van der Waals surface area contributed by atoms with E-state index < -0.39 is 0 Å². The topological polar surface area (TPSA) is 0 Å². The second-order valence-corrected chi connectivity index (χ2v) is 8.43. The molecule has 19 heavy (non-hydrogen) atoms. The molecular weight excluding hydrogens is 292 g/mol. The fourth-order valence-corrected chi connectivity index (χ4v) is 5.35. The predicted octanol–water partition coefficient (Wildman–Crippen LogP) is 7.16. The van der Waals surface area contributed by atoms with Crippen molar-refractivity contribution in [3.63, 3.8) is 0 Å². The Bertz CT molecular complexity index is 164. The van der Waals surface area contributed by atoms with E-state index in [-0.39, 0.29) is 0 Å². The van der Waals surface area contributed by atoms with Crippen LogP contribution in [0.2, 0.25) is 0 Å². The Balaban J connectivity index is 4.03. The molecule has 0 aromatic rings. The highest BCUT2D eigenvalue weighted by atomic mass is 35.5. The summed E-state index contributed by atoms with van der Waals surface area (Å²) in [5.41, 5.74) is 0. The summed E-state index contributed by atoms with van der Waals surface area (Å²) in [6.45, 7) is 4.57. The predicted molar refractivity (Wildman–Crippen MR) is 96.6 cm³/mol. The highest BCUT2D eigenvalue weighted by Crippen LogP contribution is 2.35. The van der Waals surface area contributed by atoms with Gasteiger partial charge in [0.1, 0.15) is 0 Å². The first kappa shape index (κ1) is 20.0. The highest BCUT2D eigenvalue weighted by molar-refractivity contribution is 8.76. The normalized spacial score (nSPS) is 13.1. The highest BCUT2D eigenvalue weighted by Gasteiger charge is 2.20. The molecule has 1 atom stereocenters. The van der Waals surface area contributed by atoms with E-state index >= 15 is 0 Å². The molecule has 1 unspecified atom stereocenters. The molecule has 0 aliphatic rings. The minimum absolute atomic E-state index is 0.653. The lowest BCUT2D eigenvalue weighted by Gasteiger charge is -2.24. The zero-order valence-corrected chi connectivity index (χ0v) is 15.5. The third kappa shape index (κ3) is 11.3. The Morgan fingerprint density at radius 3 is 1.74 bits per heavy atom. The molecule has 0 N–H and O–H groups in total. The van der Waals surface area contributed by atoms with Gasteiger partial charge in [-0.25, -0.2) is 0 Å². The van der Waals surface area contributed by atoms with E-state index in [0.29, 0.717) is 5.25 Å². The van der Waals surface area contributed by atoms with Gasteiger partial charge in [-0.15, -0.1) is 11.6 Å². The van der Waals surface area contributed by atoms with Crippen LogP contribution in [-0.4, -0.2) is 17.4 Å². The number of unbranched alkanes of at least 4 members (excludes halogenated alkanes) is 6. The summed E-state index contributed by atoms with van der Waals surface area (Å²) in [5, 5.41) is 0.653. The Hall–Kier alpha value is 0.990. The summed E-state index contributed by atoms with van der Waals surface area (Å²) in [7, 11) is 3.88. The van der Waals surface area contributed by atoms with Gasteiger partial charge in [0.25, 0.3) is 0 Å². The van der Waals surface area contributed by atoms with Crippen molar-refractivity contribution in [2.45, 2.75) is 83.3 Å². The second-order valence-electron chi connectivity index (χ2n) is 5.41. The number of halogens is 1. The van der Waals surface area contributed by atoms with Crippen LogP contribution in [0.1, 0.15) is 78.1 Å². The molecule has 0 aliphatic heterocycles. The first-order valence-corrected chi connectivity index (χ1v) is 11.2. The van der Waals surface area contributed by atoms with E-state index in [1.807, 2.05) is 21.6 Å². The van der Waals surface area contributed by atoms with Crippen LogP contribution in [0.15, 0.2) is 0 Å². The molecule has 0 aromatic heterocycles. The van der Waals surface area contributed by atoms with Crippen molar-refractivity contribution in [1.82, 2.24) is 0 Å². The average molecular weight is 325 g/mol. The molecule has 0 aliphatic carbocycles. The standard InChI is InChI=1S/C16H33ClS2/c1-4-6-8-10-12-15(13-11-9-7-5-2)16(14-17)19-18-3/h15-16H,4-14H2,1-3H3. The van der Waals surface area contributed by atoms with Gasteiger partial charge in [0.15, 0.2) is 0 Å². The molecule has 3 heteroatoms. The molecule has 0 aromatic carbocycles. The van der Waals surface area contributed by atoms with Crippen LogP contribution in [-0.2, 0) is 0 Å². The Morgan fingerprint density at radius 2 is 1.37 bits per heavy atom. The third-order valence-corrected chi connectivity index (χ3v) is 6.58. The quantitative estimate of drug-likeness (QED) is 0.189. The monoisotopic (exact) mass is 324 g/mol. The Morgan fingerprint density at radius 1 is 0.842 bits per heavy atom. The average Bonchev–Trinajstić information content (AvgIpc) is 2.43. The van der Waals surface area contributed by atoms with Gasteiger partial charge in [-0.3, -0.25) is 0 Å². The van der Waals surface area contributed by atoms with Gasteiger partial charge >= 0.3 is 0 Å². The molecular formula is C16H33ClS2. The van der Waals surface area contributed by atoms with Crippen molar-refractivity contribution in [1.29, 1.82) is 0 Å². The summed E-state index contributed by atoms with van der Waals surface area (Å²) in [5.74, 6) is 1.65. The van der Waals surface area contributed by atoms with Crippen LogP contribution < -0.4 is 0 Å². The van der Waals surface area contributed by atoms with Crippen molar-refractivity contribution >= 4 is 33.2 Å². The van der Waals surface area contributed by atoms with Gasteiger partial charge < -0.3 is 0 Å². The van der Waals surface area contributed by atoms with Crippen molar-refractivity contribution in [3.8, 4) is 0 Å². The molecule has 0 amide bonds. The van der Waals surface area contributed by atoms with Gasteiger partial charge in [0.05, 0.1) is 0 Å². The van der Waals surface area contributed by atoms with Crippen molar-refractivity contribution < 1.29 is 0 Å². The summed E-state index contributed by atoms with van der Waals surface area (Å²) in [6, 6.07) is 0. The van der Waals surface area contributed by atoms with Crippen molar-refractivity contribution in [2.75, 3.05) is 12.1 Å². The lowest BCUT2D eigenvalue weighted by Crippen LogP contribution is -2.18. The van der Waals surface area contributed by atoms with Gasteiger partial charge in [0.2, 0.25) is 0 Å². The SMILES string of the molecule is CCCCCCC(CCCCCC)C(CCl)SSC. The number of hydrogen-bond acceptors (Lipinski definition) is 2. The first-order chi connectivity index (χ1) is 9.29. The summed E-state index contributed by atoms with van der Waals surface area (Å²) in [6.07, 6.45) is 16.0. The van der Waals surface area contributed by atoms with E-state index in [4.69, 9.17) is 11.6 Å². The smallest absolute Gasteiger partial charge is 0.0353 e. The zero-order chi connectivity index (χ0) is 14.3. The van der Waals surface area contributed by atoms with Crippen LogP contribution in [0.3, 0.4) is 0 Å². The Labute approximate surface area is 134 Å². The maximum absolute atomic E-state index is 6.19. The number of hydrogen-bond donors (Lipinski definition) is 0. The van der Waals surface area contributed by atoms with E-state index in [1.54, 1.807) is 0 Å². The van der Waals surface area contributed by atoms with E-state index in [9.17, 15) is 0 Å². The fourth-order valence-electron chi connectivity index (χ4n) is 2.54. The molecule has 0 bridgehead atoms. The second kappa shape index (κ2) is 15.4. The molecule has 0 heterocycles. The third-order valence-electron chi connectivity index (χ3n) is 3.75. The van der Waals surface area contributed by atoms with Crippen LogP contribution in [0, 0.1) is 5.92 Å². The van der Waals surface area contributed by atoms with Gasteiger partial charge in [0, 0.05) is 11.1 Å². The molecule has 0 saturated heterocycles. The zero-order valence-electron chi connectivity index (χ0n) is 13.1. The fraction of sp³-hybridized carbons (Fsp3) is 1.00. The van der Waals surface area contributed by atoms with Crippen LogP contribution >= 0.6 is 33.2 Å². The van der Waals surface area contributed by atoms with Gasteiger partial charge in [-0.05, 0) is 25.0 Å². The number of alkyl halides is 1. The van der Waals surface area contributed by atoms with Crippen LogP contribution in [0.5, 0.6) is 0 Å². The first-order valence-electron chi connectivity index (χ1n) is 8.05. The van der Waals surface area contributed by atoms with Crippen molar-refractivity contribution in [2.24, 2.45) is 5.92 Å². The molecule has 0 saturated carbocycles. The minimum atomic E-state index is 0.653. The van der Waals surface area contributed by atoms with E-state index in [0.717, 1.165) is 11.8 Å². The van der Waals surface area contributed by atoms with Crippen LogP contribution in [0.4, 0.5) is 0 Å². The largest absolute Gasteiger partial charge is 0.125 e. The lowest BCUT2D eigenvalue weighted by atomic mass is 9.92. The van der Waals surface area contributed by atoms with Gasteiger partial charge in [-0.2, -0.15) is 0 Å². The summed E-state index contributed by atoms with van der Waals surface area (Å²) >= 11 is 6.19. The molecule has 0 nitrogen and oxygen atoms in total. The van der Waals surface area contributed by atoms with Gasteiger partial charge in [-0.1, -0.05) is 86.8 Å². The van der Waals surface area contributed by atoms with Crippen molar-refractivity contribution in [3.05, 3.63) is 0 Å². The van der Waals surface area contributed by atoms with E-state index in [1.165, 1.54) is 64.2 Å². The van der Waals surface area contributed by atoms with Crippen LogP contribution in [0.25, 0.3) is 0 Å². The molecule has 0 rings (SSSR count). The lowest BCUT2D eigenvalue weighted by molar-refractivity contribution is 0.406. The molecule has 0 spiro atoms. The number of rotatable bonds is 14.